The van der Waals surface area contributed by atoms with Crippen LogP contribution in [-0.4, -0.2) is 9.78 Å². The van der Waals surface area contributed by atoms with E-state index in [1.807, 2.05) is 20.0 Å². The molecule has 0 aliphatic carbocycles. The molecule has 3 nitrogen and oxygen atoms in total. The molecular formula is C9H9Br2N3S. The van der Waals surface area contributed by atoms with Crippen molar-refractivity contribution in [3.63, 3.8) is 0 Å². The number of nitrogens with zero attached hydrogens (tertiary/aromatic N) is 2. The zero-order chi connectivity index (χ0) is 11.2. The Labute approximate surface area is 109 Å². The fourth-order valence-electron chi connectivity index (χ4n) is 1.34. The molecule has 0 aliphatic rings. The van der Waals surface area contributed by atoms with E-state index in [-0.39, 0.29) is 0 Å². The molecule has 80 valence electrons. The van der Waals surface area contributed by atoms with Gasteiger partial charge in [0.05, 0.1) is 8.66 Å². The predicted octanol–water partition coefficient (Wildman–Crippen LogP) is 3.56. The van der Waals surface area contributed by atoms with E-state index in [9.17, 15) is 0 Å². The number of anilines is 1. The highest BCUT2D eigenvalue weighted by Crippen LogP contribution is 2.39. The number of nitrogens with two attached hydrogens (primary N) is 1. The summed E-state index contributed by atoms with van der Waals surface area (Å²) in [6.07, 6.45) is 0. The lowest BCUT2D eigenvalue weighted by molar-refractivity contribution is 0.782. The Morgan fingerprint density at radius 3 is 2.53 bits per heavy atom. The van der Waals surface area contributed by atoms with Crippen molar-refractivity contribution in [2.75, 3.05) is 5.73 Å². The smallest absolute Gasteiger partial charge is 0.124 e. The fraction of sp³-hybridized carbons (Fsp3) is 0.222. The molecule has 0 bridgehead atoms. The third-order valence-corrected chi connectivity index (χ3v) is 5.48. The quantitative estimate of drug-likeness (QED) is 0.854. The number of hydrogen-bond donors (Lipinski definition) is 1. The van der Waals surface area contributed by atoms with Crippen LogP contribution in [0.3, 0.4) is 0 Å². The van der Waals surface area contributed by atoms with Crippen LogP contribution in [0.2, 0.25) is 0 Å². The van der Waals surface area contributed by atoms with Crippen LogP contribution in [0.5, 0.6) is 0 Å². The summed E-state index contributed by atoms with van der Waals surface area (Å²) in [4.78, 5) is 1.11. The fourth-order valence-corrected chi connectivity index (χ4v) is 3.42. The maximum absolute atomic E-state index is 5.87. The zero-order valence-electron chi connectivity index (χ0n) is 8.21. The summed E-state index contributed by atoms with van der Waals surface area (Å²) in [5.74, 6) is 0.714. The second kappa shape index (κ2) is 3.92. The van der Waals surface area contributed by atoms with Gasteiger partial charge in [0.2, 0.25) is 0 Å². The Bertz CT molecular complexity index is 496. The molecule has 0 aromatic carbocycles. The Morgan fingerprint density at radius 2 is 2.13 bits per heavy atom. The molecule has 0 saturated heterocycles. The molecular weight excluding hydrogens is 342 g/mol. The summed E-state index contributed by atoms with van der Waals surface area (Å²) < 4.78 is 3.82. The molecule has 6 heteroatoms. The minimum atomic E-state index is 0.714. The number of rotatable bonds is 1. The molecule has 0 atom stereocenters. The number of hydrogen-bond acceptors (Lipinski definition) is 3. The Hall–Kier alpha value is -0.330. The van der Waals surface area contributed by atoms with Gasteiger partial charge in [0.25, 0.3) is 0 Å². The summed E-state index contributed by atoms with van der Waals surface area (Å²) in [7, 11) is 1.85. The van der Waals surface area contributed by atoms with Gasteiger partial charge in [0.1, 0.15) is 11.5 Å². The van der Waals surface area contributed by atoms with Gasteiger partial charge in [-0.3, -0.25) is 4.68 Å². The van der Waals surface area contributed by atoms with Crippen LogP contribution in [-0.2, 0) is 7.05 Å². The van der Waals surface area contributed by atoms with Gasteiger partial charge >= 0.3 is 0 Å². The molecule has 2 N–H and O–H groups in total. The number of aromatic nitrogens is 2. The van der Waals surface area contributed by atoms with Gasteiger partial charge in [-0.15, -0.1) is 11.3 Å². The normalized spacial score (nSPS) is 10.9. The van der Waals surface area contributed by atoms with E-state index >= 15 is 0 Å². The molecule has 15 heavy (non-hydrogen) atoms. The first kappa shape index (κ1) is 11.2. The maximum atomic E-state index is 5.87. The number of aryl methyl sites for hydroxylation is 1. The minimum Gasteiger partial charge on any atom is -0.384 e. The summed E-state index contributed by atoms with van der Waals surface area (Å²) in [6.45, 7) is 1.99. The van der Waals surface area contributed by atoms with Crippen LogP contribution in [0.15, 0.2) is 14.3 Å². The third kappa shape index (κ3) is 1.86. The molecule has 0 spiro atoms. The third-order valence-electron chi connectivity index (χ3n) is 2.22. The van der Waals surface area contributed by atoms with E-state index in [2.05, 4.69) is 37.0 Å². The Balaban J connectivity index is 2.59. The molecule has 0 saturated carbocycles. The van der Waals surface area contributed by atoms with E-state index in [1.54, 1.807) is 16.0 Å². The Morgan fingerprint density at radius 1 is 1.47 bits per heavy atom. The van der Waals surface area contributed by atoms with Crippen LogP contribution in [0.4, 0.5) is 5.82 Å². The van der Waals surface area contributed by atoms with E-state index in [0.717, 1.165) is 24.4 Å². The lowest BCUT2D eigenvalue weighted by Gasteiger charge is -1.92. The van der Waals surface area contributed by atoms with Crippen LogP contribution in [0, 0.1) is 6.92 Å². The molecule has 0 amide bonds. The highest BCUT2D eigenvalue weighted by molar-refractivity contribution is 9.13. The number of halogens is 2. The van der Waals surface area contributed by atoms with Crippen LogP contribution in [0.25, 0.3) is 10.6 Å². The number of nitrogen functional groups attached to an aromatic ring is 1. The first-order valence-electron chi connectivity index (χ1n) is 4.25. The van der Waals surface area contributed by atoms with Crippen molar-refractivity contribution in [3.05, 3.63) is 19.9 Å². The molecule has 0 unspecified atom stereocenters. The molecule has 0 radical (unpaired) electrons. The summed E-state index contributed by atoms with van der Waals surface area (Å²) >= 11 is 8.57. The first-order valence-corrected chi connectivity index (χ1v) is 6.65. The topological polar surface area (TPSA) is 43.8 Å². The van der Waals surface area contributed by atoms with Crippen LogP contribution < -0.4 is 5.73 Å². The van der Waals surface area contributed by atoms with Crippen molar-refractivity contribution in [3.8, 4) is 10.6 Å². The van der Waals surface area contributed by atoms with Crippen molar-refractivity contribution in [2.24, 2.45) is 7.05 Å². The molecule has 0 fully saturated rings. The summed E-state index contributed by atoms with van der Waals surface area (Å²) in [6, 6.07) is 2.05. The van der Waals surface area contributed by atoms with E-state index < -0.39 is 0 Å². The average molecular weight is 351 g/mol. The second-order valence-corrected chi connectivity index (χ2v) is 6.44. The van der Waals surface area contributed by atoms with Gasteiger partial charge < -0.3 is 5.73 Å². The van der Waals surface area contributed by atoms with Gasteiger partial charge in [-0.1, -0.05) is 0 Å². The van der Waals surface area contributed by atoms with Gasteiger partial charge in [0, 0.05) is 17.1 Å². The minimum absolute atomic E-state index is 0.714. The molecule has 2 heterocycles. The van der Waals surface area contributed by atoms with Crippen LogP contribution in [0.1, 0.15) is 5.56 Å². The average Bonchev–Trinajstić information content (AvgIpc) is 2.63. The lowest BCUT2D eigenvalue weighted by Crippen LogP contribution is -1.97. The largest absolute Gasteiger partial charge is 0.384 e. The predicted molar refractivity (Wildman–Crippen MR) is 71.1 cm³/mol. The molecule has 2 rings (SSSR count). The van der Waals surface area contributed by atoms with Crippen LogP contribution >= 0.6 is 43.2 Å². The van der Waals surface area contributed by atoms with Crippen molar-refractivity contribution < 1.29 is 0 Å². The maximum Gasteiger partial charge on any atom is 0.124 e. The highest BCUT2D eigenvalue weighted by atomic mass is 79.9. The lowest BCUT2D eigenvalue weighted by atomic mass is 10.2. The van der Waals surface area contributed by atoms with Crippen molar-refractivity contribution in [2.45, 2.75) is 6.92 Å². The number of thiophene rings is 1. The van der Waals surface area contributed by atoms with Gasteiger partial charge in [-0.2, -0.15) is 5.10 Å². The monoisotopic (exact) mass is 349 g/mol. The molecule has 2 aromatic heterocycles. The van der Waals surface area contributed by atoms with Crippen molar-refractivity contribution >= 4 is 49.0 Å². The van der Waals surface area contributed by atoms with Gasteiger partial charge in [-0.05, 0) is 44.8 Å². The molecule has 2 aromatic rings. The van der Waals surface area contributed by atoms with E-state index in [1.165, 1.54) is 0 Å². The van der Waals surface area contributed by atoms with Gasteiger partial charge in [0.15, 0.2) is 0 Å². The van der Waals surface area contributed by atoms with E-state index in [0.29, 0.717) is 5.82 Å². The standard InChI is InChI=1S/C9H9Br2N3S/c1-4-7(13-14(2)9(4)12)6-3-5(10)8(11)15-6/h3H,12H2,1-2H3. The highest BCUT2D eigenvalue weighted by Gasteiger charge is 2.14. The van der Waals surface area contributed by atoms with E-state index in [4.69, 9.17) is 5.73 Å². The van der Waals surface area contributed by atoms with Crippen molar-refractivity contribution in [1.29, 1.82) is 0 Å². The van der Waals surface area contributed by atoms with Gasteiger partial charge in [-0.25, -0.2) is 0 Å². The Kier molecular flexibility index (Phi) is 2.92. The molecule has 0 aliphatic heterocycles. The van der Waals surface area contributed by atoms with Crippen molar-refractivity contribution in [1.82, 2.24) is 9.78 Å². The SMILES string of the molecule is Cc1c(-c2cc(Br)c(Br)s2)nn(C)c1N. The summed E-state index contributed by atoms with van der Waals surface area (Å²) in [5, 5.41) is 4.39. The first-order chi connectivity index (χ1) is 7.00. The second-order valence-electron chi connectivity index (χ2n) is 3.21. The summed E-state index contributed by atoms with van der Waals surface area (Å²) in [5.41, 5.74) is 7.84. The zero-order valence-corrected chi connectivity index (χ0v) is 12.2.